The molecule has 32 heavy (non-hydrogen) atoms. The summed E-state index contributed by atoms with van der Waals surface area (Å²) < 4.78 is 2.09. The van der Waals surface area contributed by atoms with E-state index < -0.39 is 0 Å². The highest BCUT2D eigenvalue weighted by Crippen LogP contribution is 2.29. The van der Waals surface area contributed by atoms with Crippen molar-refractivity contribution in [2.24, 2.45) is 0 Å². The Bertz CT molecular complexity index is 1030. The van der Waals surface area contributed by atoms with Crippen LogP contribution in [0.4, 0.5) is 11.4 Å². The van der Waals surface area contributed by atoms with Gasteiger partial charge in [0.1, 0.15) is 11.4 Å². The summed E-state index contributed by atoms with van der Waals surface area (Å²) in [6.07, 6.45) is 3.44. The Labute approximate surface area is 189 Å². The van der Waals surface area contributed by atoms with Crippen LogP contribution in [0.1, 0.15) is 55.8 Å². The number of H-pyrrole nitrogens is 1. The number of nitrogens with one attached hydrogen (secondary N) is 2. The van der Waals surface area contributed by atoms with Crippen LogP contribution < -0.4 is 10.2 Å². The maximum atomic E-state index is 12.8. The summed E-state index contributed by atoms with van der Waals surface area (Å²) in [6, 6.07) is 8.28. The van der Waals surface area contributed by atoms with Gasteiger partial charge in [-0.25, -0.2) is 9.97 Å². The number of aromatic amines is 1. The number of anilines is 2. The quantitative estimate of drug-likeness (QED) is 0.612. The third-order valence-corrected chi connectivity index (χ3v) is 5.96. The van der Waals surface area contributed by atoms with Crippen molar-refractivity contribution in [3.8, 4) is 11.5 Å². The molecule has 1 aliphatic rings. The van der Waals surface area contributed by atoms with Crippen LogP contribution in [0.15, 0.2) is 36.8 Å². The largest absolute Gasteiger partial charge is 0.369 e. The van der Waals surface area contributed by atoms with Gasteiger partial charge in [-0.15, -0.1) is 0 Å². The van der Waals surface area contributed by atoms with Crippen LogP contribution in [0.3, 0.4) is 0 Å². The van der Waals surface area contributed by atoms with Gasteiger partial charge in [0.25, 0.3) is 5.91 Å². The minimum atomic E-state index is -0.210. The zero-order valence-electron chi connectivity index (χ0n) is 19.6. The predicted octanol–water partition coefficient (Wildman–Crippen LogP) is 3.98. The molecule has 0 radical (unpaired) electrons. The van der Waals surface area contributed by atoms with E-state index in [1.54, 1.807) is 6.20 Å². The van der Waals surface area contributed by atoms with Gasteiger partial charge in [-0.3, -0.25) is 4.79 Å². The molecule has 1 saturated heterocycles. The third kappa shape index (κ3) is 4.55. The zero-order valence-corrected chi connectivity index (χ0v) is 19.6. The lowest BCUT2D eigenvalue weighted by molar-refractivity contribution is 0.102. The first-order valence-electron chi connectivity index (χ1n) is 11.3. The van der Waals surface area contributed by atoms with E-state index in [1.807, 2.05) is 18.5 Å². The summed E-state index contributed by atoms with van der Waals surface area (Å²) >= 11 is 0. The number of hydrogen-bond donors (Lipinski definition) is 2. The molecule has 2 aromatic heterocycles. The van der Waals surface area contributed by atoms with Gasteiger partial charge in [-0.2, -0.15) is 0 Å². The molecule has 8 heteroatoms. The number of nitrogens with zero attached hydrogens (tertiary/aromatic N) is 5. The lowest BCUT2D eigenvalue weighted by Crippen LogP contribution is -2.44. The fourth-order valence-corrected chi connectivity index (χ4v) is 4.01. The van der Waals surface area contributed by atoms with Crippen molar-refractivity contribution < 1.29 is 4.79 Å². The molecule has 0 bridgehead atoms. The molecule has 8 nitrogen and oxygen atoms in total. The minimum Gasteiger partial charge on any atom is -0.369 e. The molecular weight excluding hydrogens is 402 g/mol. The Morgan fingerprint density at radius 3 is 2.34 bits per heavy atom. The monoisotopic (exact) mass is 435 g/mol. The van der Waals surface area contributed by atoms with Crippen molar-refractivity contribution in [2.75, 3.05) is 43.4 Å². The first kappa shape index (κ1) is 22.1. The Hall–Kier alpha value is -3.13. The first-order chi connectivity index (χ1) is 15.3. The molecule has 1 aliphatic heterocycles. The van der Waals surface area contributed by atoms with Gasteiger partial charge in [0.2, 0.25) is 0 Å². The number of carbonyl (C=O) groups is 1. The van der Waals surface area contributed by atoms with Crippen LogP contribution >= 0.6 is 0 Å². The molecule has 3 heterocycles. The van der Waals surface area contributed by atoms with Gasteiger partial charge >= 0.3 is 0 Å². The summed E-state index contributed by atoms with van der Waals surface area (Å²) in [7, 11) is 2.15. The molecule has 0 atom stereocenters. The molecule has 1 amide bonds. The number of benzene rings is 1. The van der Waals surface area contributed by atoms with Crippen molar-refractivity contribution in [3.05, 3.63) is 48.2 Å². The van der Waals surface area contributed by atoms with Crippen LogP contribution in [-0.2, 0) is 0 Å². The van der Waals surface area contributed by atoms with E-state index in [-0.39, 0.29) is 17.9 Å². The SMILES string of the molecule is CC(C)c1ncn(C(C)C)c1-c1ncc(C(=O)Nc2ccc(N3CCN(C)CC3)cc2)[nH]1. The van der Waals surface area contributed by atoms with Gasteiger partial charge in [0.05, 0.1) is 18.2 Å². The van der Waals surface area contributed by atoms with Crippen LogP contribution in [-0.4, -0.2) is 63.6 Å². The summed E-state index contributed by atoms with van der Waals surface area (Å²) in [5.74, 6) is 0.708. The zero-order chi connectivity index (χ0) is 22.8. The van der Waals surface area contributed by atoms with Crippen LogP contribution in [0.5, 0.6) is 0 Å². The predicted molar refractivity (Wildman–Crippen MR) is 128 cm³/mol. The first-order valence-corrected chi connectivity index (χ1v) is 11.3. The fourth-order valence-electron chi connectivity index (χ4n) is 4.01. The Morgan fingerprint density at radius 2 is 1.72 bits per heavy atom. The van der Waals surface area contributed by atoms with Crippen molar-refractivity contribution in [2.45, 2.75) is 39.7 Å². The molecular formula is C24H33N7O. The third-order valence-electron chi connectivity index (χ3n) is 5.96. The number of hydrogen-bond acceptors (Lipinski definition) is 5. The Morgan fingerprint density at radius 1 is 1.03 bits per heavy atom. The molecule has 170 valence electrons. The summed E-state index contributed by atoms with van der Waals surface area (Å²) in [4.78, 5) is 29.8. The Balaban J connectivity index is 1.48. The van der Waals surface area contributed by atoms with Gasteiger partial charge in [-0.1, -0.05) is 13.8 Å². The average molecular weight is 436 g/mol. The highest BCUT2D eigenvalue weighted by atomic mass is 16.1. The average Bonchev–Trinajstić information content (AvgIpc) is 3.42. The highest BCUT2D eigenvalue weighted by Gasteiger charge is 2.21. The second-order valence-electron chi connectivity index (χ2n) is 9.07. The van der Waals surface area contributed by atoms with E-state index in [4.69, 9.17) is 0 Å². The smallest absolute Gasteiger partial charge is 0.273 e. The molecule has 3 aromatic rings. The van der Waals surface area contributed by atoms with E-state index in [0.29, 0.717) is 11.5 Å². The topological polar surface area (TPSA) is 82.1 Å². The number of imidazole rings is 2. The molecule has 0 spiro atoms. The van der Waals surface area contributed by atoms with E-state index >= 15 is 0 Å². The molecule has 1 fully saturated rings. The number of carbonyl (C=O) groups excluding carboxylic acids is 1. The molecule has 0 unspecified atom stereocenters. The number of aromatic nitrogens is 4. The molecule has 1 aromatic carbocycles. The second kappa shape index (κ2) is 9.16. The lowest BCUT2D eigenvalue weighted by Gasteiger charge is -2.34. The van der Waals surface area contributed by atoms with Gasteiger partial charge < -0.3 is 24.7 Å². The summed E-state index contributed by atoms with van der Waals surface area (Å²) in [5.41, 5.74) is 4.28. The second-order valence-corrected chi connectivity index (χ2v) is 9.07. The number of likely N-dealkylation sites (N-methyl/N-ethyl adjacent to an activating group) is 1. The van der Waals surface area contributed by atoms with E-state index in [0.717, 1.165) is 43.3 Å². The molecule has 0 aliphatic carbocycles. The van der Waals surface area contributed by atoms with Crippen molar-refractivity contribution in [3.63, 3.8) is 0 Å². The highest BCUT2D eigenvalue weighted by molar-refractivity contribution is 6.03. The van der Waals surface area contributed by atoms with E-state index in [9.17, 15) is 4.79 Å². The maximum absolute atomic E-state index is 12.8. The summed E-state index contributed by atoms with van der Waals surface area (Å²) in [6.45, 7) is 12.6. The number of rotatable bonds is 6. The van der Waals surface area contributed by atoms with Gasteiger partial charge in [0, 0.05) is 43.6 Å². The van der Waals surface area contributed by atoms with Crippen LogP contribution in [0, 0.1) is 0 Å². The van der Waals surface area contributed by atoms with E-state index in [1.165, 1.54) is 5.69 Å². The maximum Gasteiger partial charge on any atom is 0.273 e. The van der Waals surface area contributed by atoms with Gasteiger partial charge in [0.15, 0.2) is 5.82 Å². The van der Waals surface area contributed by atoms with Crippen molar-refractivity contribution >= 4 is 17.3 Å². The van der Waals surface area contributed by atoms with Crippen molar-refractivity contribution in [1.29, 1.82) is 0 Å². The minimum absolute atomic E-state index is 0.210. The van der Waals surface area contributed by atoms with Crippen LogP contribution in [0.2, 0.25) is 0 Å². The summed E-state index contributed by atoms with van der Waals surface area (Å²) in [5, 5.41) is 2.97. The van der Waals surface area contributed by atoms with Crippen LogP contribution in [0.25, 0.3) is 11.5 Å². The standard InChI is InChI=1S/C24H33N7O/c1-16(2)21-22(31(15-26-21)17(3)4)23-25-14-20(28-23)24(32)27-18-6-8-19(9-7-18)30-12-10-29(5)11-13-30/h6-9,14-17H,10-13H2,1-5H3,(H,25,28)(H,27,32). The molecule has 0 saturated carbocycles. The number of piperazine rings is 1. The Kier molecular flexibility index (Phi) is 6.32. The molecule has 4 rings (SSSR count). The van der Waals surface area contributed by atoms with Crippen molar-refractivity contribution in [1.82, 2.24) is 24.4 Å². The normalized spacial score (nSPS) is 15.0. The molecule has 2 N–H and O–H groups in total. The van der Waals surface area contributed by atoms with E-state index in [2.05, 4.69) is 81.5 Å². The lowest BCUT2D eigenvalue weighted by atomic mass is 10.1. The fraction of sp³-hybridized carbons (Fsp3) is 0.458. The van der Waals surface area contributed by atoms with Gasteiger partial charge in [-0.05, 0) is 51.1 Å². The number of amides is 1.